The topological polar surface area (TPSA) is 33.1 Å². The first-order chi connectivity index (χ1) is 6.57. The molecule has 2 aromatic rings. The van der Waals surface area contributed by atoms with Crippen molar-refractivity contribution in [2.24, 2.45) is 0 Å². The number of aliphatic hydroxyl groups is 1. The Labute approximate surface area is 91.1 Å². The van der Waals surface area contributed by atoms with Gasteiger partial charge in [-0.3, -0.25) is 0 Å². The minimum Gasteiger partial charge on any atom is -0.358 e. The summed E-state index contributed by atoms with van der Waals surface area (Å²) < 4.78 is -1.93. The first-order valence-corrected chi connectivity index (χ1v) is 4.79. The second-order valence-corrected chi connectivity index (χ2v) is 4.22. The SMILES string of the molecule is OC(Cl)(Cl)c1ccc2ccccc2n1. The number of fused-ring (bicyclic) bond motifs is 1. The number of halogens is 2. The van der Waals surface area contributed by atoms with E-state index in [1.165, 1.54) is 0 Å². The molecule has 0 aliphatic rings. The number of alkyl halides is 2. The van der Waals surface area contributed by atoms with Gasteiger partial charge in [0.2, 0.25) is 0 Å². The van der Waals surface area contributed by atoms with Gasteiger partial charge in [-0.2, -0.15) is 0 Å². The maximum Gasteiger partial charge on any atom is 0.259 e. The average Bonchev–Trinajstić information content (AvgIpc) is 2.16. The van der Waals surface area contributed by atoms with E-state index in [1.807, 2.05) is 30.3 Å². The smallest absolute Gasteiger partial charge is 0.259 e. The molecule has 0 radical (unpaired) electrons. The summed E-state index contributed by atoms with van der Waals surface area (Å²) in [6.07, 6.45) is 0. The lowest BCUT2D eigenvalue weighted by Gasteiger charge is -2.11. The Hall–Kier alpha value is -0.830. The maximum atomic E-state index is 9.32. The highest BCUT2D eigenvalue weighted by molar-refractivity contribution is 6.46. The average molecular weight is 228 g/mol. The van der Waals surface area contributed by atoms with Crippen LogP contribution < -0.4 is 0 Å². The Morgan fingerprint density at radius 1 is 1.07 bits per heavy atom. The maximum absolute atomic E-state index is 9.32. The molecule has 1 heterocycles. The van der Waals surface area contributed by atoms with Crippen LogP contribution in [-0.4, -0.2) is 10.1 Å². The number of pyridine rings is 1. The molecular formula is C10H7Cl2NO. The molecule has 0 bridgehead atoms. The minimum absolute atomic E-state index is 0.236. The molecule has 4 heteroatoms. The summed E-state index contributed by atoms with van der Waals surface area (Å²) in [5.41, 5.74) is 0.990. The fraction of sp³-hybridized carbons (Fsp3) is 0.100. The van der Waals surface area contributed by atoms with Crippen LogP contribution in [0.3, 0.4) is 0 Å². The van der Waals surface area contributed by atoms with Gasteiger partial charge in [-0.1, -0.05) is 47.5 Å². The number of para-hydroxylation sites is 1. The van der Waals surface area contributed by atoms with Crippen molar-refractivity contribution in [3.8, 4) is 0 Å². The van der Waals surface area contributed by atoms with Gasteiger partial charge in [-0.15, -0.1) is 0 Å². The first-order valence-electron chi connectivity index (χ1n) is 4.04. The monoisotopic (exact) mass is 227 g/mol. The molecule has 0 aliphatic heterocycles. The van der Waals surface area contributed by atoms with Gasteiger partial charge >= 0.3 is 0 Å². The lowest BCUT2D eigenvalue weighted by Crippen LogP contribution is -2.10. The van der Waals surface area contributed by atoms with Crippen molar-refractivity contribution < 1.29 is 5.11 Å². The predicted octanol–water partition coefficient (Wildman–Crippen LogP) is 2.82. The lowest BCUT2D eigenvalue weighted by molar-refractivity contribution is 0.214. The molecule has 14 heavy (non-hydrogen) atoms. The lowest BCUT2D eigenvalue weighted by atomic mass is 10.2. The van der Waals surface area contributed by atoms with Crippen molar-refractivity contribution in [2.75, 3.05) is 0 Å². The molecule has 72 valence electrons. The van der Waals surface area contributed by atoms with Crippen molar-refractivity contribution >= 4 is 34.1 Å². The van der Waals surface area contributed by atoms with E-state index in [4.69, 9.17) is 23.2 Å². The van der Waals surface area contributed by atoms with Crippen molar-refractivity contribution in [1.29, 1.82) is 0 Å². The first kappa shape index (κ1) is 9.71. The summed E-state index contributed by atoms with van der Waals surface area (Å²) in [5.74, 6) is 0. The van der Waals surface area contributed by atoms with Crippen LogP contribution in [0.4, 0.5) is 0 Å². The molecule has 0 atom stereocenters. The molecule has 0 amide bonds. The van der Waals surface area contributed by atoms with Crippen LogP contribution in [0.1, 0.15) is 5.69 Å². The zero-order valence-corrected chi connectivity index (χ0v) is 8.63. The van der Waals surface area contributed by atoms with Crippen molar-refractivity contribution in [3.05, 3.63) is 42.1 Å². The van der Waals surface area contributed by atoms with Crippen molar-refractivity contribution in [2.45, 2.75) is 4.52 Å². The number of benzene rings is 1. The standard InChI is InChI=1S/C10H7Cl2NO/c11-10(12,14)9-6-5-7-3-1-2-4-8(7)13-9/h1-6,14H. The van der Waals surface area contributed by atoms with Crippen LogP contribution in [0.15, 0.2) is 36.4 Å². The summed E-state index contributed by atoms with van der Waals surface area (Å²) in [6.45, 7) is 0. The Morgan fingerprint density at radius 3 is 2.50 bits per heavy atom. The number of aromatic nitrogens is 1. The van der Waals surface area contributed by atoms with E-state index in [0.717, 1.165) is 10.9 Å². The van der Waals surface area contributed by atoms with E-state index < -0.39 is 4.52 Å². The highest BCUT2D eigenvalue weighted by atomic mass is 35.5. The molecule has 0 fully saturated rings. The van der Waals surface area contributed by atoms with Crippen LogP contribution in [-0.2, 0) is 4.52 Å². The third-order valence-electron chi connectivity index (χ3n) is 1.91. The molecule has 1 aromatic carbocycles. The number of hydrogen-bond donors (Lipinski definition) is 1. The van der Waals surface area contributed by atoms with E-state index in [9.17, 15) is 5.11 Å². The van der Waals surface area contributed by atoms with Gasteiger partial charge in [0.15, 0.2) is 0 Å². The van der Waals surface area contributed by atoms with Gasteiger partial charge in [0, 0.05) is 5.39 Å². The van der Waals surface area contributed by atoms with Crippen LogP contribution in [0.2, 0.25) is 0 Å². The summed E-state index contributed by atoms with van der Waals surface area (Å²) in [5, 5.41) is 10.3. The van der Waals surface area contributed by atoms with E-state index in [0.29, 0.717) is 0 Å². The predicted molar refractivity (Wildman–Crippen MR) is 57.3 cm³/mol. The molecule has 0 saturated heterocycles. The fourth-order valence-corrected chi connectivity index (χ4v) is 1.44. The van der Waals surface area contributed by atoms with Gasteiger partial charge < -0.3 is 5.11 Å². The number of rotatable bonds is 1. The third kappa shape index (κ3) is 1.82. The van der Waals surface area contributed by atoms with Crippen LogP contribution >= 0.6 is 23.2 Å². The van der Waals surface area contributed by atoms with Crippen LogP contribution in [0, 0.1) is 0 Å². The fourth-order valence-electron chi connectivity index (χ4n) is 1.23. The van der Waals surface area contributed by atoms with Crippen molar-refractivity contribution in [3.63, 3.8) is 0 Å². The third-order valence-corrected chi connectivity index (χ3v) is 2.29. The normalized spacial score (nSPS) is 11.9. The van der Waals surface area contributed by atoms with Crippen LogP contribution in [0.5, 0.6) is 0 Å². The van der Waals surface area contributed by atoms with E-state index in [2.05, 4.69) is 4.98 Å². The molecule has 0 saturated carbocycles. The highest BCUT2D eigenvalue weighted by Gasteiger charge is 2.23. The van der Waals surface area contributed by atoms with E-state index in [-0.39, 0.29) is 5.69 Å². The summed E-state index contributed by atoms with van der Waals surface area (Å²) >= 11 is 11.0. The minimum atomic E-state index is -1.93. The zero-order valence-electron chi connectivity index (χ0n) is 7.11. The Kier molecular flexibility index (Phi) is 2.35. The molecule has 0 unspecified atom stereocenters. The molecule has 0 aliphatic carbocycles. The van der Waals surface area contributed by atoms with Gasteiger partial charge in [-0.05, 0) is 12.1 Å². The van der Waals surface area contributed by atoms with Crippen molar-refractivity contribution in [1.82, 2.24) is 4.98 Å². The van der Waals surface area contributed by atoms with Gasteiger partial charge in [-0.25, -0.2) is 4.98 Å². The quantitative estimate of drug-likeness (QED) is 0.761. The molecule has 2 nitrogen and oxygen atoms in total. The molecule has 2 rings (SSSR count). The van der Waals surface area contributed by atoms with E-state index >= 15 is 0 Å². The highest BCUT2D eigenvalue weighted by Crippen LogP contribution is 2.29. The Morgan fingerprint density at radius 2 is 1.79 bits per heavy atom. The summed E-state index contributed by atoms with van der Waals surface area (Å²) in [4.78, 5) is 4.13. The number of hydrogen-bond acceptors (Lipinski definition) is 2. The molecule has 1 N–H and O–H groups in total. The van der Waals surface area contributed by atoms with Gasteiger partial charge in [0.05, 0.1) is 5.52 Å². The summed E-state index contributed by atoms with van der Waals surface area (Å²) in [7, 11) is 0. The Bertz CT molecular complexity index is 465. The molecular weight excluding hydrogens is 221 g/mol. The second kappa shape index (κ2) is 3.39. The van der Waals surface area contributed by atoms with Gasteiger partial charge in [0.25, 0.3) is 4.52 Å². The van der Waals surface area contributed by atoms with Crippen LogP contribution in [0.25, 0.3) is 10.9 Å². The zero-order chi connectivity index (χ0) is 10.2. The number of nitrogens with zero attached hydrogens (tertiary/aromatic N) is 1. The largest absolute Gasteiger partial charge is 0.358 e. The molecule has 1 aromatic heterocycles. The van der Waals surface area contributed by atoms with E-state index in [1.54, 1.807) is 6.07 Å². The van der Waals surface area contributed by atoms with Gasteiger partial charge in [0.1, 0.15) is 5.69 Å². The molecule has 0 spiro atoms. The summed E-state index contributed by atoms with van der Waals surface area (Å²) in [6, 6.07) is 10.9. The Balaban J connectivity index is 2.63. The second-order valence-electron chi connectivity index (χ2n) is 2.93.